The minimum Gasteiger partial charge on any atom is -0.397 e. The summed E-state index contributed by atoms with van der Waals surface area (Å²) in [6.07, 6.45) is 2.12. The van der Waals surface area contributed by atoms with Crippen molar-refractivity contribution in [1.29, 1.82) is 0 Å². The van der Waals surface area contributed by atoms with Crippen molar-refractivity contribution in [3.05, 3.63) is 46.7 Å². The van der Waals surface area contributed by atoms with Gasteiger partial charge >= 0.3 is 0 Å². The van der Waals surface area contributed by atoms with Gasteiger partial charge in [-0.1, -0.05) is 18.2 Å². The molecule has 2 N–H and O–H groups in total. The number of nitrogens with two attached hydrogens (primary N) is 1. The molecule has 72 valence electrons. The van der Waals surface area contributed by atoms with Crippen LogP contribution in [0.2, 0.25) is 0 Å². The Bertz CT molecular complexity index is 439. The maximum atomic E-state index is 13.3. The van der Waals surface area contributed by atoms with Crippen LogP contribution < -0.4 is 5.73 Å². The molecule has 0 aliphatic rings. The fourth-order valence-corrected chi connectivity index (χ4v) is 1.89. The highest BCUT2D eigenvalue weighted by Gasteiger charge is 2.06. The van der Waals surface area contributed by atoms with Crippen molar-refractivity contribution in [2.45, 2.75) is 6.42 Å². The highest BCUT2D eigenvalue weighted by atomic mass is 32.1. The second kappa shape index (κ2) is 3.75. The van der Waals surface area contributed by atoms with Gasteiger partial charge in [0.25, 0.3) is 0 Å². The number of nitrogens with zero attached hydrogens (tertiary/aromatic N) is 1. The van der Waals surface area contributed by atoms with Gasteiger partial charge in [-0.3, -0.25) is 0 Å². The van der Waals surface area contributed by atoms with Gasteiger partial charge in [0.1, 0.15) is 5.82 Å². The van der Waals surface area contributed by atoms with Crippen molar-refractivity contribution in [3.63, 3.8) is 0 Å². The van der Waals surface area contributed by atoms with E-state index in [1.54, 1.807) is 18.3 Å². The predicted octanol–water partition coefficient (Wildman–Crippen LogP) is 2.46. The van der Waals surface area contributed by atoms with Crippen LogP contribution in [0.3, 0.4) is 0 Å². The van der Waals surface area contributed by atoms with Crippen LogP contribution in [0.4, 0.5) is 10.1 Å². The smallest absolute Gasteiger partial charge is 0.126 e. The average molecular weight is 208 g/mol. The summed E-state index contributed by atoms with van der Waals surface area (Å²) in [5.74, 6) is -0.194. The van der Waals surface area contributed by atoms with Gasteiger partial charge in [0.15, 0.2) is 0 Å². The third kappa shape index (κ3) is 1.75. The third-order valence-corrected chi connectivity index (χ3v) is 2.80. The molecule has 0 unspecified atom stereocenters. The Morgan fingerprint density at radius 2 is 2.14 bits per heavy atom. The lowest BCUT2D eigenvalue weighted by atomic mass is 10.1. The van der Waals surface area contributed by atoms with Gasteiger partial charge < -0.3 is 5.73 Å². The normalized spacial score (nSPS) is 10.4. The molecule has 0 saturated heterocycles. The van der Waals surface area contributed by atoms with Gasteiger partial charge in [-0.05, 0) is 23.2 Å². The molecule has 1 aromatic carbocycles. The highest BCUT2D eigenvalue weighted by molar-refractivity contribution is 7.06. The first-order valence-corrected chi connectivity index (χ1v) is 4.97. The van der Waals surface area contributed by atoms with Gasteiger partial charge in [0.2, 0.25) is 0 Å². The zero-order valence-electron chi connectivity index (χ0n) is 7.40. The molecule has 2 nitrogen and oxygen atoms in total. The van der Waals surface area contributed by atoms with Crippen molar-refractivity contribution in [2.24, 2.45) is 0 Å². The number of halogens is 1. The van der Waals surface area contributed by atoms with Crippen molar-refractivity contribution >= 4 is 17.2 Å². The summed E-state index contributed by atoms with van der Waals surface area (Å²) < 4.78 is 17.2. The van der Waals surface area contributed by atoms with E-state index in [1.807, 2.05) is 6.07 Å². The second-order valence-electron chi connectivity index (χ2n) is 2.97. The standard InChI is InChI=1S/C10H9FN2S/c11-8-4-2-1-3-7(8)5-10-9(12)6-13-14-10/h1-4,6H,5,12H2. The quantitative estimate of drug-likeness (QED) is 0.823. The Hall–Kier alpha value is -1.42. The lowest BCUT2D eigenvalue weighted by Crippen LogP contribution is -1.93. The van der Waals surface area contributed by atoms with Gasteiger partial charge in [-0.25, -0.2) is 4.39 Å². The molecule has 0 spiro atoms. The Kier molecular flexibility index (Phi) is 2.45. The molecule has 0 fully saturated rings. The van der Waals surface area contributed by atoms with E-state index in [9.17, 15) is 4.39 Å². The summed E-state index contributed by atoms with van der Waals surface area (Å²) in [7, 11) is 0. The van der Waals surface area contributed by atoms with E-state index in [0.717, 1.165) is 4.88 Å². The summed E-state index contributed by atoms with van der Waals surface area (Å²) in [4.78, 5) is 0.912. The van der Waals surface area contributed by atoms with E-state index in [4.69, 9.17) is 5.73 Å². The molecule has 14 heavy (non-hydrogen) atoms. The number of hydrogen-bond donors (Lipinski definition) is 1. The number of hydrogen-bond acceptors (Lipinski definition) is 3. The molecule has 0 bridgehead atoms. The van der Waals surface area contributed by atoms with Crippen LogP contribution in [0, 0.1) is 5.82 Å². The van der Waals surface area contributed by atoms with E-state index >= 15 is 0 Å². The Balaban J connectivity index is 2.28. The van der Waals surface area contributed by atoms with E-state index in [0.29, 0.717) is 17.7 Å². The largest absolute Gasteiger partial charge is 0.397 e. The molecule has 0 aliphatic carbocycles. The fourth-order valence-electron chi connectivity index (χ4n) is 1.22. The minimum atomic E-state index is -0.194. The first-order valence-electron chi connectivity index (χ1n) is 4.20. The van der Waals surface area contributed by atoms with Crippen LogP contribution in [-0.2, 0) is 6.42 Å². The van der Waals surface area contributed by atoms with Gasteiger partial charge in [0, 0.05) is 6.42 Å². The number of nitrogen functional groups attached to an aromatic ring is 1. The number of benzene rings is 1. The zero-order chi connectivity index (χ0) is 9.97. The molecule has 2 rings (SSSR count). The first-order chi connectivity index (χ1) is 6.77. The van der Waals surface area contributed by atoms with Gasteiger partial charge in [-0.2, -0.15) is 4.37 Å². The average Bonchev–Trinajstić information content (AvgIpc) is 2.56. The van der Waals surface area contributed by atoms with E-state index in [2.05, 4.69) is 4.37 Å². The summed E-state index contributed by atoms with van der Waals surface area (Å²) in [5.41, 5.74) is 6.96. The number of aromatic nitrogens is 1. The lowest BCUT2D eigenvalue weighted by Gasteiger charge is -2.00. The van der Waals surface area contributed by atoms with Crippen LogP contribution in [-0.4, -0.2) is 4.37 Å². The molecule has 2 aromatic rings. The summed E-state index contributed by atoms with van der Waals surface area (Å²) >= 11 is 1.31. The van der Waals surface area contributed by atoms with Crippen LogP contribution in [0.15, 0.2) is 30.5 Å². The Labute approximate surface area is 85.4 Å². The van der Waals surface area contributed by atoms with E-state index in [1.165, 1.54) is 17.6 Å². The van der Waals surface area contributed by atoms with Crippen LogP contribution >= 0.6 is 11.5 Å². The summed E-state index contributed by atoms with van der Waals surface area (Å²) in [6, 6.07) is 6.70. The molecule has 1 aromatic heterocycles. The van der Waals surface area contributed by atoms with Crippen molar-refractivity contribution < 1.29 is 4.39 Å². The predicted molar refractivity (Wildman–Crippen MR) is 55.7 cm³/mol. The van der Waals surface area contributed by atoms with Gasteiger partial charge in [0.05, 0.1) is 16.8 Å². The molecule has 0 radical (unpaired) electrons. The molecule has 0 amide bonds. The molecule has 0 saturated carbocycles. The molecule has 0 atom stereocenters. The Morgan fingerprint density at radius 3 is 2.79 bits per heavy atom. The van der Waals surface area contributed by atoms with E-state index < -0.39 is 0 Å². The molecule has 4 heteroatoms. The van der Waals surface area contributed by atoms with Crippen LogP contribution in [0.25, 0.3) is 0 Å². The highest BCUT2D eigenvalue weighted by Crippen LogP contribution is 2.21. The topological polar surface area (TPSA) is 38.9 Å². The van der Waals surface area contributed by atoms with Crippen LogP contribution in [0.5, 0.6) is 0 Å². The summed E-state index contributed by atoms with van der Waals surface area (Å²) in [5, 5.41) is 0. The maximum absolute atomic E-state index is 13.3. The first kappa shape index (κ1) is 9.15. The minimum absolute atomic E-state index is 0.194. The fraction of sp³-hybridized carbons (Fsp3) is 0.100. The lowest BCUT2D eigenvalue weighted by molar-refractivity contribution is 0.614. The van der Waals surface area contributed by atoms with Crippen molar-refractivity contribution in [3.8, 4) is 0 Å². The van der Waals surface area contributed by atoms with Crippen molar-refractivity contribution in [1.82, 2.24) is 4.37 Å². The molecular formula is C10H9FN2S. The third-order valence-electron chi connectivity index (χ3n) is 1.99. The number of anilines is 1. The van der Waals surface area contributed by atoms with E-state index in [-0.39, 0.29) is 5.82 Å². The monoisotopic (exact) mass is 208 g/mol. The summed E-state index contributed by atoms with van der Waals surface area (Å²) in [6.45, 7) is 0. The van der Waals surface area contributed by atoms with Crippen molar-refractivity contribution in [2.75, 3.05) is 5.73 Å². The van der Waals surface area contributed by atoms with Gasteiger partial charge in [-0.15, -0.1) is 0 Å². The van der Waals surface area contributed by atoms with Crippen LogP contribution in [0.1, 0.15) is 10.4 Å². The zero-order valence-corrected chi connectivity index (χ0v) is 8.22. The Morgan fingerprint density at radius 1 is 1.36 bits per heavy atom. The SMILES string of the molecule is Nc1cnsc1Cc1ccccc1F. The second-order valence-corrected chi connectivity index (χ2v) is 3.86. The molecular weight excluding hydrogens is 199 g/mol. The molecule has 1 heterocycles. The maximum Gasteiger partial charge on any atom is 0.126 e. The number of rotatable bonds is 2. The molecule has 0 aliphatic heterocycles.